The van der Waals surface area contributed by atoms with Crippen LogP contribution in [0.3, 0.4) is 0 Å². The van der Waals surface area contributed by atoms with Crippen LogP contribution < -0.4 is 5.32 Å². The van der Waals surface area contributed by atoms with Crippen LogP contribution in [0.25, 0.3) is 0 Å². The summed E-state index contributed by atoms with van der Waals surface area (Å²) in [6, 6.07) is 2.08. The van der Waals surface area contributed by atoms with Crippen molar-refractivity contribution in [1.29, 1.82) is 0 Å². The van der Waals surface area contributed by atoms with Gasteiger partial charge in [0.05, 0.1) is 5.75 Å². The average Bonchev–Trinajstić information content (AvgIpc) is 2.28. The number of hydrogen-bond donors (Lipinski definition) is 1. The van der Waals surface area contributed by atoms with Crippen LogP contribution in [0.5, 0.6) is 0 Å². The molecule has 1 heterocycles. The van der Waals surface area contributed by atoms with E-state index >= 15 is 0 Å². The standard InChI is InChI=1S/C14H25N3S/c1-5-7-18-10-14-16-12(8-11(3)4)9-13(17-14)15-6-2/h9,11H,5-8,10H2,1-4H3,(H,15,16,17). The van der Waals surface area contributed by atoms with Crippen LogP contribution in [0.15, 0.2) is 6.07 Å². The first-order valence-corrected chi connectivity index (χ1v) is 7.99. The lowest BCUT2D eigenvalue weighted by Gasteiger charge is -2.10. The van der Waals surface area contributed by atoms with Gasteiger partial charge in [0, 0.05) is 18.3 Å². The molecule has 0 radical (unpaired) electrons. The molecule has 3 nitrogen and oxygen atoms in total. The molecule has 0 fully saturated rings. The average molecular weight is 267 g/mol. The highest BCUT2D eigenvalue weighted by molar-refractivity contribution is 7.98. The molecule has 0 aliphatic carbocycles. The third-order valence-electron chi connectivity index (χ3n) is 2.38. The molecule has 0 aliphatic rings. The van der Waals surface area contributed by atoms with E-state index in [1.807, 2.05) is 11.8 Å². The molecule has 0 bridgehead atoms. The first kappa shape index (κ1) is 15.3. The third kappa shape index (κ3) is 5.71. The quantitative estimate of drug-likeness (QED) is 0.728. The molecule has 0 saturated carbocycles. The van der Waals surface area contributed by atoms with Crippen molar-refractivity contribution in [1.82, 2.24) is 9.97 Å². The van der Waals surface area contributed by atoms with Gasteiger partial charge in [0.2, 0.25) is 0 Å². The molecule has 0 amide bonds. The number of anilines is 1. The highest BCUT2D eigenvalue weighted by atomic mass is 32.2. The predicted octanol–water partition coefficient (Wildman–Crippen LogP) is 3.75. The Labute approximate surface area is 115 Å². The zero-order valence-electron chi connectivity index (χ0n) is 12.0. The molecule has 0 spiro atoms. The lowest BCUT2D eigenvalue weighted by molar-refractivity contribution is 0.632. The highest BCUT2D eigenvalue weighted by Crippen LogP contribution is 2.15. The Morgan fingerprint density at radius 2 is 2.06 bits per heavy atom. The largest absolute Gasteiger partial charge is 0.370 e. The van der Waals surface area contributed by atoms with Gasteiger partial charge >= 0.3 is 0 Å². The van der Waals surface area contributed by atoms with Crippen LogP contribution in [0, 0.1) is 5.92 Å². The van der Waals surface area contributed by atoms with E-state index in [0.29, 0.717) is 5.92 Å². The number of rotatable bonds is 8. The maximum Gasteiger partial charge on any atom is 0.140 e. The zero-order valence-corrected chi connectivity index (χ0v) is 12.8. The highest BCUT2D eigenvalue weighted by Gasteiger charge is 2.06. The Morgan fingerprint density at radius 3 is 2.67 bits per heavy atom. The molecule has 0 aliphatic heterocycles. The SMILES string of the molecule is CCCSCc1nc(CC(C)C)cc(NCC)n1. The van der Waals surface area contributed by atoms with Crippen molar-refractivity contribution in [3.63, 3.8) is 0 Å². The van der Waals surface area contributed by atoms with Gasteiger partial charge < -0.3 is 5.32 Å². The van der Waals surface area contributed by atoms with Gasteiger partial charge in [-0.25, -0.2) is 9.97 Å². The lowest BCUT2D eigenvalue weighted by atomic mass is 10.1. The predicted molar refractivity (Wildman–Crippen MR) is 81.2 cm³/mol. The molecule has 18 heavy (non-hydrogen) atoms. The van der Waals surface area contributed by atoms with Gasteiger partial charge in [-0.1, -0.05) is 20.8 Å². The molecular formula is C14H25N3S. The zero-order chi connectivity index (χ0) is 13.4. The van der Waals surface area contributed by atoms with E-state index in [4.69, 9.17) is 0 Å². The van der Waals surface area contributed by atoms with Crippen molar-refractivity contribution in [2.45, 2.75) is 46.3 Å². The van der Waals surface area contributed by atoms with Gasteiger partial charge in [-0.05, 0) is 31.4 Å². The van der Waals surface area contributed by atoms with Gasteiger partial charge in [0.1, 0.15) is 11.6 Å². The Morgan fingerprint density at radius 1 is 1.28 bits per heavy atom. The van der Waals surface area contributed by atoms with Crippen LogP contribution in [-0.4, -0.2) is 22.3 Å². The number of aromatic nitrogens is 2. The molecule has 4 heteroatoms. The first-order valence-electron chi connectivity index (χ1n) is 6.84. The monoisotopic (exact) mass is 267 g/mol. The summed E-state index contributed by atoms with van der Waals surface area (Å²) in [5, 5.41) is 3.29. The Hall–Kier alpha value is -0.770. The number of nitrogens with one attached hydrogen (secondary N) is 1. The van der Waals surface area contributed by atoms with Crippen molar-refractivity contribution in [2.24, 2.45) is 5.92 Å². The molecule has 0 saturated heterocycles. The van der Waals surface area contributed by atoms with Gasteiger partial charge in [-0.15, -0.1) is 0 Å². The van der Waals surface area contributed by atoms with Crippen molar-refractivity contribution in [3.05, 3.63) is 17.6 Å². The van der Waals surface area contributed by atoms with Crippen molar-refractivity contribution in [2.75, 3.05) is 17.6 Å². The van der Waals surface area contributed by atoms with Gasteiger partial charge in [0.15, 0.2) is 0 Å². The van der Waals surface area contributed by atoms with Gasteiger partial charge in [0.25, 0.3) is 0 Å². The van der Waals surface area contributed by atoms with Crippen molar-refractivity contribution >= 4 is 17.6 Å². The van der Waals surface area contributed by atoms with Crippen LogP contribution >= 0.6 is 11.8 Å². The summed E-state index contributed by atoms with van der Waals surface area (Å²) < 4.78 is 0. The summed E-state index contributed by atoms with van der Waals surface area (Å²) in [5.74, 6) is 4.65. The van der Waals surface area contributed by atoms with E-state index in [1.165, 1.54) is 12.2 Å². The number of thioether (sulfide) groups is 1. The molecule has 1 N–H and O–H groups in total. The molecule has 1 aromatic heterocycles. The lowest BCUT2D eigenvalue weighted by Crippen LogP contribution is -2.07. The van der Waals surface area contributed by atoms with Crippen LogP contribution in [-0.2, 0) is 12.2 Å². The summed E-state index contributed by atoms with van der Waals surface area (Å²) >= 11 is 1.91. The van der Waals surface area contributed by atoms with Crippen LogP contribution in [0.1, 0.15) is 45.6 Å². The molecule has 1 rings (SSSR count). The molecule has 0 aromatic carbocycles. The van der Waals surface area contributed by atoms with E-state index < -0.39 is 0 Å². The number of hydrogen-bond acceptors (Lipinski definition) is 4. The Bertz CT molecular complexity index is 353. The molecule has 102 valence electrons. The normalized spacial score (nSPS) is 10.9. The fourth-order valence-electron chi connectivity index (χ4n) is 1.72. The summed E-state index contributed by atoms with van der Waals surface area (Å²) in [6.07, 6.45) is 2.22. The van der Waals surface area contributed by atoms with Crippen LogP contribution in [0.4, 0.5) is 5.82 Å². The van der Waals surface area contributed by atoms with E-state index in [9.17, 15) is 0 Å². The van der Waals surface area contributed by atoms with Gasteiger partial charge in [-0.2, -0.15) is 11.8 Å². The second kappa shape index (κ2) is 8.35. The van der Waals surface area contributed by atoms with Gasteiger partial charge in [-0.3, -0.25) is 0 Å². The summed E-state index contributed by atoms with van der Waals surface area (Å²) in [6.45, 7) is 9.64. The van der Waals surface area contributed by atoms with E-state index in [-0.39, 0.29) is 0 Å². The minimum absolute atomic E-state index is 0.630. The van der Waals surface area contributed by atoms with E-state index in [0.717, 1.165) is 36.1 Å². The minimum atomic E-state index is 0.630. The minimum Gasteiger partial charge on any atom is -0.370 e. The van der Waals surface area contributed by atoms with E-state index in [1.54, 1.807) is 0 Å². The smallest absolute Gasteiger partial charge is 0.140 e. The molecule has 0 unspecified atom stereocenters. The first-order chi connectivity index (χ1) is 8.65. The van der Waals surface area contributed by atoms with E-state index in [2.05, 4.69) is 49.0 Å². The molecule has 1 aromatic rings. The number of nitrogens with zero attached hydrogens (tertiary/aromatic N) is 2. The third-order valence-corrected chi connectivity index (χ3v) is 3.54. The summed E-state index contributed by atoms with van der Waals surface area (Å²) in [5.41, 5.74) is 1.16. The second-order valence-electron chi connectivity index (χ2n) is 4.84. The summed E-state index contributed by atoms with van der Waals surface area (Å²) in [4.78, 5) is 9.21. The maximum absolute atomic E-state index is 4.66. The maximum atomic E-state index is 4.66. The molecule has 0 atom stereocenters. The van der Waals surface area contributed by atoms with Crippen LogP contribution in [0.2, 0.25) is 0 Å². The van der Waals surface area contributed by atoms with Crippen molar-refractivity contribution < 1.29 is 0 Å². The second-order valence-corrected chi connectivity index (χ2v) is 5.95. The summed E-state index contributed by atoms with van der Waals surface area (Å²) in [7, 11) is 0. The Kier molecular flexibility index (Phi) is 7.09. The fraction of sp³-hybridized carbons (Fsp3) is 0.714. The van der Waals surface area contributed by atoms with Crippen molar-refractivity contribution in [3.8, 4) is 0 Å². The topological polar surface area (TPSA) is 37.8 Å². The Balaban J connectivity index is 2.77. The fourth-order valence-corrected chi connectivity index (χ4v) is 2.46. The molecular weight excluding hydrogens is 242 g/mol.